The molecule has 0 aromatic rings. The van der Waals surface area contributed by atoms with Gasteiger partial charge in [0.2, 0.25) is 0 Å². The molecule has 0 amide bonds. The summed E-state index contributed by atoms with van der Waals surface area (Å²) in [6, 6.07) is 0. The van der Waals surface area contributed by atoms with E-state index in [-0.39, 0.29) is 0 Å². The van der Waals surface area contributed by atoms with Crippen LogP contribution in [0.5, 0.6) is 0 Å². The first-order valence-electron chi connectivity index (χ1n) is 5.92. The zero-order chi connectivity index (χ0) is 12.2. The van der Waals surface area contributed by atoms with Crippen LogP contribution in [-0.4, -0.2) is 48.1 Å². The van der Waals surface area contributed by atoms with Crippen LogP contribution in [-0.2, 0) is 0 Å². The smallest absolute Gasteiger partial charge is 0.0151 e. The molecule has 0 aromatic carbocycles. The molecule has 0 spiro atoms. The Labute approximate surface area is 109 Å². The third-order valence-corrected chi connectivity index (χ3v) is 2.94. The molecule has 0 saturated heterocycles. The van der Waals surface area contributed by atoms with E-state index in [0.717, 1.165) is 51.9 Å². The van der Waals surface area contributed by atoms with Crippen LogP contribution >= 0.6 is 23.6 Å². The van der Waals surface area contributed by atoms with E-state index in [0.29, 0.717) is 13.1 Å². The molecule has 0 aromatic heterocycles. The second-order valence-electron chi connectivity index (χ2n) is 3.81. The van der Waals surface area contributed by atoms with Crippen molar-refractivity contribution in [2.75, 3.05) is 39.3 Å². The summed E-state index contributed by atoms with van der Waals surface area (Å²) in [5.74, 6) is 0. The van der Waals surface area contributed by atoms with Crippen LogP contribution in [0.2, 0.25) is 0 Å². The third-order valence-electron chi connectivity index (χ3n) is 2.26. The average Bonchev–Trinajstić information content (AvgIpc) is 2.29. The number of rotatable bonds is 11. The summed E-state index contributed by atoms with van der Waals surface area (Å²) in [5, 5.41) is 0. The van der Waals surface area contributed by atoms with E-state index in [2.05, 4.69) is 0 Å². The van der Waals surface area contributed by atoms with Gasteiger partial charge in [-0.25, -0.2) is 8.84 Å². The van der Waals surface area contributed by atoms with E-state index >= 15 is 0 Å². The fourth-order valence-electron chi connectivity index (χ4n) is 1.32. The van der Waals surface area contributed by atoms with Gasteiger partial charge < -0.3 is 11.5 Å². The quantitative estimate of drug-likeness (QED) is 0.440. The number of halogens is 2. The van der Waals surface area contributed by atoms with Gasteiger partial charge in [0.15, 0.2) is 0 Å². The minimum atomic E-state index is 0.692. The highest BCUT2D eigenvalue weighted by atomic mass is 35.5. The Hall–Kier alpha value is 0.420. The summed E-state index contributed by atoms with van der Waals surface area (Å²) in [6.07, 6.45) is 4.00. The SMILES string of the molecule is NCCCN(Cl)CCCCN(Cl)CCCN. The summed E-state index contributed by atoms with van der Waals surface area (Å²) >= 11 is 11.9. The van der Waals surface area contributed by atoms with Gasteiger partial charge in [0.25, 0.3) is 0 Å². The lowest BCUT2D eigenvalue weighted by Crippen LogP contribution is -2.21. The molecule has 0 aliphatic carbocycles. The summed E-state index contributed by atoms with van der Waals surface area (Å²) in [6.45, 7) is 4.88. The first-order valence-corrected chi connectivity index (χ1v) is 6.60. The molecule has 0 aliphatic rings. The maximum absolute atomic E-state index is 5.97. The number of nitrogens with two attached hydrogens (primary N) is 2. The van der Waals surface area contributed by atoms with Crippen molar-refractivity contribution >= 4 is 23.6 Å². The van der Waals surface area contributed by atoms with Gasteiger partial charge in [-0.2, -0.15) is 0 Å². The highest BCUT2D eigenvalue weighted by molar-refractivity contribution is 6.13. The molecule has 4 N–H and O–H groups in total. The first-order chi connectivity index (χ1) is 7.70. The zero-order valence-corrected chi connectivity index (χ0v) is 11.4. The molecule has 6 heteroatoms. The standard InChI is InChI=1S/C10H24Cl2N4/c11-15(9-3-5-13)7-1-2-8-16(12)10-4-6-14/h1-10,13-14H2. The maximum Gasteiger partial charge on any atom is 0.0151 e. The minimum Gasteiger partial charge on any atom is -0.330 e. The Morgan fingerprint density at radius 3 is 1.25 bits per heavy atom. The molecule has 98 valence electrons. The molecule has 0 bridgehead atoms. The topological polar surface area (TPSA) is 58.5 Å². The molecule has 0 heterocycles. The van der Waals surface area contributed by atoms with Crippen molar-refractivity contribution in [1.29, 1.82) is 0 Å². The largest absolute Gasteiger partial charge is 0.330 e. The van der Waals surface area contributed by atoms with Gasteiger partial charge in [-0.3, -0.25) is 0 Å². The van der Waals surface area contributed by atoms with Gasteiger partial charge in [-0.15, -0.1) is 0 Å². The average molecular weight is 271 g/mol. The predicted octanol–water partition coefficient (Wildman–Crippen LogP) is 1.38. The first kappa shape index (κ1) is 16.4. The van der Waals surface area contributed by atoms with Crippen LogP contribution in [0.4, 0.5) is 0 Å². The minimum absolute atomic E-state index is 0.692. The Morgan fingerprint density at radius 1 is 0.625 bits per heavy atom. The van der Waals surface area contributed by atoms with E-state index in [1.54, 1.807) is 8.84 Å². The second kappa shape index (κ2) is 11.9. The van der Waals surface area contributed by atoms with Crippen molar-refractivity contribution in [3.8, 4) is 0 Å². The molecule has 4 nitrogen and oxygen atoms in total. The van der Waals surface area contributed by atoms with Crippen LogP contribution in [0.25, 0.3) is 0 Å². The van der Waals surface area contributed by atoms with Crippen LogP contribution in [0, 0.1) is 0 Å². The Balaban J connectivity index is 3.24. The number of hydrogen-bond donors (Lipinski definition) is 2. The van der Waals surface area contributed by atoms with Crippen molar-refractivity contribution in [3.63, 3.8) is 0 Å². The molecule has 0 radical (unpaired) electrons. The number of nitrogens with zero attached hydrogens (tertiary/aromatic N) is 2. The third kappa shape index (κ3) is 10.9. The van der Waals surface area contributed by atoms with Crippen LogP contribution in [0.3, 0.4) is 0 Å². The second-order valence-corrected chi connectivity index (χ2v) is 4.77. The van der Waals surface area contributed by atoms with Crippen LogP contribution in [0.15, 0.2) is 0 Å². The monoisotopic (exact) mass is 270 g/mol. The summed E-state index contributed by atoms with van der Waals surface area (Å²) < 4.78 is 3.59. The van der Waals surface area contributed by atoms with Gasteiger partial charge in [-0.05, 0) is 62.3 Å². The van der Waals surface area contributed by atoms with E-state index in [1.165, 1.54) is 0 Å². The highest BCUT2D eigenvalue weighted by Crippen LogP contribution is 2.03. The van der Waals surface area contributed by atoms with Crippen molar-refractivity contribution in [2.24, 2.45) is 11.5 Å². The fraction of sp³-hybridized carbons (Fsp3) is 1.00. The van der Waals surface area contributed by atoms with Gasteiger partial charge >= 0.3 is 0 Å². The van der Waals surface area contributed by atoms with Crippen LogP contribution < -0.4 is 11.5 Å². The summed E-state index contributed by atoms with van der Waals surface area (Å²) in [5.41, 5.74) is 10.8. The van der Waals surface area contributed by atoms with Crippen LogP contribution in [0.1, 0.15) is 25.7 Å². The van der Waals surface area contributed by atoms with Gasteiger partial charge in [0.1, 0.15) is 0 Å². The van der Waals surface area contributed by atoms with Crippen molar-refractivity contribution in [2.45, 2.75) is 25.7 Å². The van der Waals surface area contributed by atoms with Crippen molar-refractivity contribution in [1.82, 2.24) is 8.84 Å². The molecule has 0 unspecified atom stereocenters. The number of unbranched alkanes of at least 4 members (excludes halogenated alkanes) is 1. The van der Waals surface area contributed by atoms with E-state index < -0.39 is 0 Å². The lowest BCUT2D eigenvalue weighted by atomic mass is 10.3. The fourth-order valence-corrected chi connectivity index (χ4v) is 1.79. The molecular formula is C10H24Cl2N4. The molecule has 0 saturated carbocycles. The Morgan fingerprint density at radius 2 is 0.938 bits per heavy atom. The lowest BCUT2D eigenvalue weighted by molar-refractivity contribution is 0.392. The molecule has 0 aliphatic heterocycles. The molecule has 0 rings (SSSR count). The highest BCUT2D eigenvalue weighted by Gasteiger charge is 2.02. The maximum atomic E-state index is 5.97. The zero-order valence-electron chi connectivity index (χ0n) is 9.88. The van der Waals surface area contributed by atoms with Crippen molar-refractivity contribution in [3.05, 3.63) is 0 Å². The van der Waals surface area contributed by atoms with Crippen molar-refractivity contribution < 1.29 is 0 Å². The molecular weight excluding hydrogens is 247 g/mol. The van der Waals surface area contributed by atoms with Gasteiger partial charge in [-0.1, -0.05) is 0 Å². The summed E-state index contributed by atoms with van der Waals surface area (Å²) in [7, 11) is 0. The number of hydrogen-bond acceptors (Lipinski definition) is 4. The normalized spacial score (nSPS) is 11.6. The van der Waals surface area contributed by atoms with E-state index in [4.69, 9.17) is 35.0 Å². The Kier molecular flexibility index (Phi) is 12.2. The van der Waals surface area contributed by atoms with Gasteiger partial charge in [0, 0.05) is 26.2 Å². The summed E-state index contributed by atoms with van der Waals surface area (Å²) in [4.78, 5) is 0. The Bertz CT molecular complexity index is 133. The van der Waals surface area contributed by atoms with E-state index in [9.17, 15) is 0 Å². The molecule has 0 fully saturated rings. The van der Waals surface area contributed by atoms with Gasteiger partial charge in [0.05, 0.1) is 0 Å². The molecule has 16 heavy (non-hydrogen) atoms. The molecule has 0 atom stereocenters. The predicted molar refractivity (Wildman–Crippen MR) is 71.4 cm³/mol. The van der Waals surface area contributed by atoms with E-state index in [1.807, 2.05) is 0 Å². The lowest BCUT2D eigenvalue weighted by Gasteiger charge is -2.15.